The summed E-state index contributed by atoms with van der Waals surface area (Å²) in [5.74, 6) is 2.10. The highest BCUT2D eigenvalue weighted by Gasteiger charge is 2.47. The molecule has 0 amide bonds. The van der Waals surface area contributed by atoms with Gasteiger partial charge in [0.25, 0.3) is 0 Å². The Labute approximate surface area is 92.1 Å². The molecule has 0 aliphatic carbocycles. The van der Waals surface area contributed by atoms with Crippen LogP contribution in [0.15, 0.2) is 10.5 Å². The maximum atomic E-state index is 5.66. The quantitative estimate of drug-likeness (QED) is 0.766. The first-order chi connectivity index (χ1) is 6.87. The lowest BCUT2D eigenvalue weighted by Crippen LogP contribution is -2.47. The van der Waals surface area contributed by atoms with E-state index in [1.54, 1.807) is 0 Å². The van der Waals surface area contributed by atoms with Crippen LogP contribution in [0.3, 0.4) is 0 Å². The molecule has 84 valence electrons. The number of aryl methyl sites for hydroxylation is 2. The maximum Gasteiger partial charge on any atom is 0.104 e. The van der Waals surface area contributed by atoms with Gasteiger partial charge in [-0.2, -0.15) is 0 Å². The normalized spacial score (nSPS) is 29.7. The predicted octanol–water partition coefficient (Wildman–Crippen LogP) is 2.93. The van der Waals surface area contributed by atoms with Crippen molar-refractivity contribution in [2.24, 2.45) is 0 Å². The maximum absolute atomic E-state index is 5.66. The van der Waals surface area contributed by atoms with Crippen LogP contribution < -0.4 is 5.32 Å². The zero-order valence-electron chi connectivity index (χ0n) is 10.4. The standard InChI is InChI=1S/C13H21NO/c1-9-8-11(10(2)15-9)13(5)6-7-14-12(13,3)4/h8,14H,6-7H2,1-5H3. The smallest absolute Gasteiger partial charge is 0.104 e. The fourth-order valence-electron chi connectivity index (χ4n) is 2.78. The molecular weight excluding hydrogens is 186 g/mol. The van der Waals surface area contributed by atoms with Gasteiger partial charge >= 0.3 is 0 Å². The van der Waals surface area contributed by atoms with E-state index in [4.69, 9.17) is 4.42 Å². The Morgan fingerprint density at radius 3 is 2.33 bits per heavy atom. The molecule has 1 aromatic rings. The molecule has 0 radical (unpaired) electrons. The fourth-order valence-corrected chi connectivity index (χ4v) is 2.78. The third-order valence-electron chi connectivity index (χ3n) is 4.21. The van der Waals surface area contributed by atoms with Crippen molar-refractivity contribution in [3.63, 3.8) is 0 Å². The molecule has 0 spiro atoms. The van der Waals surface area contributed by atoms with Crippen LogP contribution in [-0.4, -0.2) is 12.1 Å². The van der Waals surface area contributed by atoms with Crippen molar-refractivity contribution in [3.05, 3.63) is 23.2 Å². The van der Waals surface area contributed by atoms with E-state index < -0.39 is 0 Å². The van der Waals surface area contributed by atoms with E-state index in [1.165, 1.54) is 12.0 Å². The number of nitrogens with one attached hydrogen (secondary N) is 1. The minimum atomic E-state index is 0.147. The van der Waals surface area contributed by atoms with E-state index in [9.17, 15) is 0 Å². The predicted molar refractivity (Wildman–Crippen MR) is 62.2 cm³/mol. The highest BCUT2D eigenvalue weighted by atomic mass is 16.3. The average Bonchev–Trinajstić information content (AvgIpc) is 2.56. The molecule has 0 bridgehead atoms. The van der Waals surface area contributed by atoms with Crippen molar-refractivity contribution in [1.82, 2.24) is 5.32 Å². The SMILES string of the molecule is Cc1cc(C2(C)CCNC2(C)C)c(C)o1. The van der Waals surface area contributed by atoms with Crippen LogP contribution in [0.25, 0.3) is 0 Å². The monoisotopic (exact) mass is 207 g/mol. The van der Waals surface area contributed by atoms with Crippen LogP contribution in [0.1, 0.15) is 44.3 Å². The minimum absolute atomic E-state index is 0.147. The highest BCUT2D eigenvalue weighted by Crippen LogP contribution is 2.43. The Morgan fingerprint density at radius 2 is 1.93 bits per heavy atom. The number of furan rings is 1. The molecule has 1 aliphatic heterocycles. The molecule has 1 N–H and O–H groups in total. The van der Waals surface area contributed by atoms with E-state index in [2.05, 4.69) is 39.1 Å². The average molecular weight is 207 g/mol. The second kappa shape index (κ2) is 3.11. The van der Waals surface area contributed by atoms with Crippen molar-refractivity contribution in [3.8, 4) is 0 Å². The first-order valence-electron chi connectivity index (χ1n) is 5.69. The first kappa shape index (κ1) is 10.7. The summed E-state index contributed by atoms with van der Waals surface area (Å²) in [4.78, 5) is 0. The summed E-state index contributed by atoms with van der Waals surface area (Å²) in [5.41, 5.74) is 1.71. The first-order valence-corrected chi connectivity index (χ1v) is 5.69. The van der Waals surface area contributed by atoms with Crippen LogP contribution in [0.5, 0.6) is 0 Å². The van der Waals surface area contributed by atoms with Crippen molar-refractivity contribution >= 4 is 0 Å². The molecular formula is C13H21NO. The van der Waals surface area contributed by atoms with Gasteiger partial charge in [0.2, 0.25) is 0 Å². The summed E-state index contributed by atoms with van der Waals surface area (Å²) >= 11 is 0. The van der Waals surface area contributed by atoms with Crippen LogP contribution >= 0.6 is 0 Å². The lowest BCUT2D eigenvalue weighted by Gasteiger charge is -2.38. The molecule has 2 heteroatoms. The van der Waals surface area contributed by atoms with Gasteiger partial charge < -0.3 is 9.73 Å². The van der Waals surface area contributed by atoms with Crippen molar-refractivity contribution in [2.75, 3.05) is 6.54 Å². The van der Waals surface area contributed by atoms with Gasteiger partial charge in [0, 0.05) is 16.5 Å². The van der Waals surface area contributed by atoms with Gasteiger partial charge in [0.05, 0.1) is 0 Å². The molecule has 1 aliphatic rings. The molecule has 15 heavy (non-hydrogen) atoms. The lowest BCUT2D eigenvalue weighted by molar-refractivity contribution is 0.293. The van der Waals surface area contributed by atoms with Crippen molar-refractivity contribution in [2.45, 2.75) is 52.0 Å². The summed E-state index contributed by atoms with van der Waals surface area (Å²) in [6.07, 6.45) is 1.18. The zero-order chi connectivity index (χ0) is 11.3. The summed E-state index contributed by atoms with van der Waals surface area (Å²) in [7, 11) is 0. The second-order valence-electron chi connectivity index (χ2n) is 5.46. The molecule has 2 heterocycles. The Morgan fingerprint density at radius 1 is 1.27 bits per heavy atom. The van der Waals surface area contributed by atoms with E-state index >= 15 is 0 Å². The minimum Gasteiger partial charge on any atom is -0.466 e. The third-order valence-corrected chi connectivity index (χ3v) is 4.21. The lowest BCUT2D eigenvalue weighted by atomic mass is 9.69. The van der Waals surface area contributed by atoms with Crippen LogP contribution in [0.4, 0.5) is 0 Å². The van der Waals surface area contributed by atoms with Gasteiger partial charge in [-0.15, -0.1) is 0 Å². The summed E-state index contributed by atoms with van der Waals surface area (Å²) in [5, 5.41) is 3.58. The second-order valence-corrected chi connectivity index (χ2v) is 5.46. The summed E-state index contributed by atoms with van der Waals surface area (Å²) < 4.78 is 5.66. The largest absolute Gasteiger partial charge is 0.466 e. The molecule has 0 saturated carbocycles. The van der Waals surface area contributed by atoms with E-state index in [1.807, 2.05) is 6.92 Å². The molecule has 1 saturated heterocycles. The van der Waals surface area contributed by atoms with Crippen molar-refractivity contribution < 1.29 is 4.42 Å². The number of rotatable bonds is 1. The molecule has 1 unspecified atom stereocenters. The topological polar surface area (TPSA) is 25.2 Å². The van der Waals surface area contributed by atoms with Crippen LogP contribution in [-0.2, 0) is 5.41 Å². The fraction of sp³-hybridized carbons (Fsp3) is 0.692. The highest BCUT2D eigenvalue weighted by molar-refractivity contribution is 5.34. The molecule has 2 nitrogen and oxygen atoms in total. The third kappa shape index (κ3) is 1.43. The van der Waals surface area contributed by atoms with E-state index in [0.717, 1.165) is 18.1 Å². The Hall–Kier alpha value is -0.760. The Kier molecular flexibility index (Phi) is 2.23. The van der Waals surface area contributed by atoms with Crippen LogP contribution in [0.2, 0.25) is 0 Å². The summed E-state index contributed by atoms with van der Waals surface area (Å²) in [6.45, 7) is 12.1. The van der Waals surface area contributed by atoms with Crippen LogP contribution in [0, 0.1) is 13.8 Å². The Bertz CT molecular complexity index is 378. The Balaban J connectivity index is 2.50. The van der Waals surface area contributed by atoms with Gasteiger partial charge in [-0.1, -0.05) is 6.92 Å². The molecule has 1 aromatic heterocycles. The van der Waals surface area contributed by atoms with Gasteiger partial charge in [0.1, 0.15) is 11.5 Å². The number of hydrogen-bond donors (Lipinski definition) is 1. The zero-order valence-corrected chi connectivity index (χ0v) is 10.4. The van der Waals surface area contributed by atoms with Gasteiger partial charge in [-0.3, -0.25) is 0 Å². The summed E-state index contributed by atoms with van der Waals surface area (Å²) in [6, 6.07) is 2.20. The van der Waals surface area contributed by atoms with Gasteiger partial charge in [-0.05, 0) is 46.7 Å². The molecule has 0 aromatic carbocycles. The molecule has 1 atom stereocenters. The van der Waals surface area contributed by atoms with E-state index in [0.29, 0.717) is 0 Å². The van der Waals surface area contributed by atoms with Gasteiger partial charge in [0.15, 0.2) is 0 Å². The van der Waals surface area contributed by atoms with Gasteiger partial charge in [-0.25, -0.2) is 0 Å². The number of hydrogen-bond acceptors (Lipinski definition) is 2. The van der Waals surface area contributed by atoms with Crippen molar-refractivity contribution in [1.29, 1.82) is 0 Å². The molecule has 1 fully saturated rings. The molecule has 2 rings (SSSR count). The van der Waals surface area contributed by atoms with E-state index in [-0.39, 0.29) is 11.0 Å².